The van der Waals surface area contributed by atoms with Gasteiger partial charge in [0, 0.05) is 10.7 Å². The lowest BCUT2D eigenvalue weighted by Crippen LogP contribution is -2.38. The number of nitrogens with two attached hydrogens (primary N) is 1. The van der Waals surface area contributed by atoms with Gasteiger partial charge in [-0.1, -0.05) is 19.0 Å². The predicted molar refractivity (Wildman–Crippen MR) is 72.3 cm³/mol. The van der Waals surface area contributed by atoms with Crippen LogP contribution < -0.4 is 11.1 Å². The number of anilines is 1. The number of nitrogens with zero attached hydrogens (tertiary/aromatic N) is 2. The normalized spacial score (nSPS) is 13.4. The van der Waals surface area contributed by atoms with Gasteiger partial charge in [0.25, 0.3) is 0 Å². The van der Waals surface area contributed by atoms with Crippen LogP contribution in [0.4, 0.5) is 5.69 Å². The molecule has 1 aromatic rings. The highest BCUT2D eigenvalue weighted by Gasteiger charge is 2.26. The summed E-state index contributed by atoms with van der Waals surface area (Å²) in [6.07, 6.45) is 3.13. The molecule has 0 bridgehead atoms. The van der Waals surface area contributed by atoms with Crippen molar-refractivity contribution in [1.29, 1.82) is 0 Å². The lowest BCUT2D eigenvalue weighted by Gasteiger charge is -2.18. The van der Waals surface area contributed by atoms with Gasteiger partial charge in [0.05, 0.1) is 11.9 Å². The smallest absolute Gasteiger partial charge is 0.235 e. The summed E-state index contributed by atoms with van der Waals surface area (Å²) in [5.74, 6) is -1.21. The largest absolute Gasteiger partial charge is 0.409 e. The molecule has 0 aliphatic heterocycles. The summed E-state index contributed by atoms with van der Waals surface area (Å²) in [5.41, 5.74) is 6.06. The predicted octanol–water partition coefficient (Wildman–Crippen LogP) is 1.80. The average Bonchev–Trinajstić information content (AvgIpc) is 2.28. The molecule has 1 atom stereocenters. The van der Waals surface area contributed by atoms with Gasteiger partial charge < -0.3 is 16.3 Å². The van der Waals surface area contributed by atoms with Crippen molar-refractivity contribution in [2.75, 3.05) is 5.32 Å². The zero-order valence-electron chi connectivity index (χ0n) is 10.1. The molecule has 7 heteroatoms. The van der Waals surface area contributed by atoms with Crippen molar-refractivity contribution in [2.24, 2.45) is 22.7 Å². The molecule has 0 saturated carbocycles. The van der Waals surface area contributed by atoms with Gasteiger partial charge in [0.2, 0.25) is 5.91 Å². The summed E-state index contributed by atoms with van der Waals surface area (Å²) in [7, 11) is 0. The molecular weight excluding hydrogens is 300 g/mol. The SMILES string of the molecule is CC(C)C(C(=O)Nc1cncc(Br)c1)/C(N)=N/O. The first-order valence-corrected chi connectivity index (χ1v) is 6.13. The molecule has 0 saturated heterocycles. The van der Waals surface area contributed by atoms with Crippen molar-refractivity contribution in [3.63, 3.8) is 0 Å². The third-order valence-electron chi connectivity index (χ3n) is 2.36. The first-order chi connectivity index (χ1) is 8.45. The lowest BCUT2D eigenvalue weighted by molar-refractivity contribution is -0.119. The van der Waals surface area contributed by atoms with Crippen LogP contribution in [0.25, 0.3) is 0 Å². The van der Waals surface area contributed by atoms with E-state index in [2.05, 4.69) is 31.4 Å². The van der Waals surface area contributed by atoms with Crippen LogP contribution in [0.5, 0.6) is 0 Å². The number of pyridine rings is 1. The first kappa shape index (κ1) is 14.4. The molecule has 0 aliphatic carbocycles. The van der Waals surface area contributed by atoms with Gasteiger partial charge in [-0.05, 0) is 27.9 Å². The summed E-state index contributed by atoms with van der Waals surface area (Å²) in [4.78, 5) is 16.0. The summed E-state index contributed by atoms with van der Waals surface area (Å²) < 4.78 is 0.755. The van der Waals surface area contributed by atoms with E-state index in [4.69, 9.17) is 10.9 Å². The Kier molecular flexibility index (Phi) is 5.08. The molecule has 1 unspecified atom stereocenters. The van der Waals surface area contributed by atoms with Crippen molar-refractivity contribution in [2.45, 2.75) is 13.8 Å². The van der Waals surface area contributed by atoms with Gasteiger partial charge in [-0.3, -0.25) is 9.78 Å². The van der Waals surface area contributed by atoms with Crippen LogP contribution in [-0.2, 0) is 4.79 Å². The Morgan fingerprint density at radius 3 is 2.72 bits per heavy atom. The Balaban J connectivity index is 2.86. The van der Waals surface area contributed by atoms with Crippen LogP contribution in [0.3, 0.4) is 0 Å². The number of amides is 1. The van der Waals surface area contributed by atoms with Crippen molar-refractivity contribution in [3.05, 3.63) is 22.9 Å². The number of rotatable bonds is 4. The molecule has 1 heterocycles. The summed E-state index contributed by atoms with van der Waals surface area (Å²) in [6, 6.07) is 1.72. The molecule has 4 N–H and O–H groups in total. The topological polar surface area (TPSA) is 101 Å². The van der Waals surface area contributed by atoms with E-state index in [1.165, 1.54) is 6.20 Å². The quantitative estimate of drug-likeness (QED) is 0.341. The van der Waals surface area contributed by atoms with Gasteiger partial charge in [0.15, 0.2) is 5.84 Å². The second-order valence-electron chi connectivity index (χ2n) is 4.13. The van der Waals surface area contributed by atoms with Gasteiger partial charge >= 0.3 is 0 Å². The molecule has 0 radical (unpaired) electrons. The number of amidine groups is 1. The zero-order valence-corrected chi connectivity index (χ0v) is 11.7. The number of oxime groups is 1. The van der Waals surface area contributed by atoms with E-state index in [1.54, 1.807) is 12.3 Å². The number of hydrogen-bond donors (Lipinski definition) is 3. The number of carbonyl (C=O) groups is 1. The highest BCUT2D eigenvalue weighted by atomic mass is 79.9. The van der Waals surface area contributed by atoms with Gasteiger partial charge in [-0.15, -0.1) is 0 Å². The Morgan fingerprint density at radius 1 is 1.56 bits per heavy atom. The number of halogens is 1. The van der Waals surface area contributed by atoms with E-state index in [9.17, 15) is 4.79 Å². The monoisotopic (exact) mass is 314 g/mol. The molecule has 0 spiro atoms. The molecule has 1 aromatic heterocycles. The van der Waals surface area contributed by atoms with E-state index in [0.29, 0.717) is 5.69 Å². The van der Waals surface area contributed by atoms with Crippen LogP contribution in [-0.4, -0.2) is 21.9 Å². The van der Waals surface area contributed by atoms with Crippen LogP contribution >= 0.6 is 15.9 Å². The van der Waals surface area contributed by atoms with E-state index in [1.807, 2.05) is 13.8 Å². The molecule has 98 valence electrons. The molecule has 0 aliphatic rings. The van der Waals surface area contributed by atoms with Gasteiger partial charge in [0.1, 0.15) is 5.92 Å². The molecule has 0 aromatic carbocycles. The molecule has 6 nitrogen and oxygen atoms in total. The maximum absolute atomic E-state index is 12.0. The van der Waals surface area contributed by atoms with Crippen molar-refractivity contribution in [1.82, 2.24) is 4.98 Å². The number of hydrogen-bond acceptors (Lipinski definition) is 4. The second kappa shape index (κ2) is 6.34. The molecule has 18 heavy (non-hydrogen) atoms. The Labute approximate surface area is 113 Å². The Morgan fingerprint density at radius 2 is 2.22 bits per heavy atom. The van der Waals surface area contributed by atoms with Crippen LogP contribution in [0.2, 0.25) is 0 Å². The number of carbonyl (C=O) groups excluding carboxylic acids is 1. The minimum Gasteiger partial charge on any atom is -0.409 e. The van der Waals surface area contributed by atoms with Gasteiger partial charge in [-0.2, -0.15) is 0 Å². The average molecular weight is 315 g/mol. The van der Waals surface area contributed by atoms with Crippen LogP contribution in [0.15, 0.2) is 28.1 Å². The van der Waals surface area contributed by atoms with Gasteiger partial charge in [-0.25, -0.2) is 0 Å². The fourth-order valence-electron chi connectivity index (χ4n) is 1.54. The minimum absolute atomic E-state index is 0.0824. The fourth-order valence-corrected chi connectivity index (χ4v) is 1.91. The maximum Gasteiger partial charge on any atom is 0.235 e. The zero-order chi connectivity index (χ0) is 13.7. The minimum atomic E-state index is -0.686. The Bertz CT molecular complexity index is 462. The summed E-state index contributed by atoms with van der Waals surface area (Å²) >= 11 is 3.26. The first-order valence-electron chi connectivity index (χ1n) is 5.34. The number of nitrogens with one attached hydrogen (secondary N) is 1. The number of aromatic nitrogens is 1. The van der Waals surface area contributed by atoms with Crippen LogP contribution in [0, 0.1) is 11.8 Å². The summed E-state index contributed by atoms with van der Waals surface area (Å²) in [5, 5.41) is 14.3. The van der Waals surface area contributed by atoms with E-state index < -0.39 is 5.92 Å². The van der Waals surface area contributed by atoms with Crippen molar-refractivity contribution in [3.8, 4) is 0 Å². The van der Waals surface area contributed by atoms with Crippen molar-refractivity contribution >= 4 is 33.4 Å². The van der Waals surface area contributed by atoms with E-state index in [-0.39, 0.29) is 17.7 Å². The lowest BCUT2D eigenvalue weighted by atomic mass is 9.94. The highest BCUT2D eigenvalue weighted by Crippen LogP contribution is 2.17. The maximum atomic E-state index is 12.0. The second-order valence-corrected chi connectivity index (χ2v) is 5.04. The summed E-state index contributed by atoms with van der Waals surface area (Å²) in [6.45, 7) is 3.64. The standard InChI is InChI=1S/C11H15BrN4O2/c1-6(2)9(10(13)16-18)11(17)15-8-3-7(12)4-14-5-8/h3-6,9,18H,1-2H3,(H2,13,16)(H,15,17). The van der Waals surface area contributed by atoms with Crippen molar-refractivity contribution < 1.29 is 10.0 Å². The molecular formula is C11H15BrN4O2. The van der Waals surface area contributed by atoms with E-state index in [0.717, 1.165) is 4.47 Å². The highest BCUT2D eigenvalue weighted by molar-refractivity contribution is 9.10. The van der Waals surface area contributed by atoms with E-state index >= 15 is 0 Å². The third kappa shape index (κ3) is 3.69. The molecule has 1 amide bonds. The molecule has 0 fully saturated rings. The fraction of sp³-hybridized carbons (Fsp3) is 0.364. The Hall–Kier alpha value is -1.63. The molecule has 1 rings (SSSR count). The van der Waals surface area contributed by atoms with Crippen LogP contribution in [0.1, 0.15) is 13.8 Å². The third-order valence-corrected chi connectivity index (χ3v) is 2.79.